The van der Waals surface area contributed by atoms with Gasteiger partial charge in [-0.25, -0.2) is 4.79 Å². The Labute approximate surface area is 227 Å². The molecular weight excluding hydrogens is 504 g/mol. The van der Waals surface area contributed by atoms with Crippen LogP contribution in [0.3, 0.4) is 0 Å². The number of ether oxygens (including phenoxy) is 3. The van der Waals surface area contributed by atoms with Gasteiger partial charge in [0.25, 0.3) is 0 Å². The molecule has 202 valence electrons. The summed E-state index contributed by atoms with van der Waals surface area (Å²) in [6.07, 6.45) is 1.90. The summed E-state index contributed by atoms with van der Waals surface area (Å²) in [4.78, 5) is 31.2. The lowest BCUT2D eigenvalue weighted by atomic mass is 9.93. The van der Waals surface area contributed by atoms with Gasteiger partial charge in [-0.1, -0.05) is 6.07 Å². The Hall–Kier alpha value is -3.53. The molecule has 0 saturated heterocycles. The van der Waals surface area contributed by atoms with Gasteiger partial charge < -0.3 is 19.1 Å². The van der Waals surface area contributed by atoms with Crippen LogP contribution >= 0.6 is 11.8 Å². The van der Waals surface area contributed by atoms with Crippen molar-refractivity contribution < 1.29 is 23.8 Å². The number of hydrogen-bond acceptors (Lipinski definition) is 8. The predicted molar refractivity (Wildman–Crippen MR) is 151 cm³/mol. The van der Waals surface area contributed by atoms with Crippen LogP contribution in [0.5, 0.6) is 11.5 Å². The van der Waals surface area contributed by atoms with Gasteiger partial charge in [0.15, 0.2) is 11.7 Å². The fourth-order valence-electron chi connectivity index (χ4n) is 4.84. The third kappa shape index (κ3) is 5.22. The van der Waals surface area contributed by atoms with Crippen LogP contribution in [0.4, 0.5) is 10.5 Å². The molecule has 2 aliphatic heterocycles. The monoisotopic (exact) mass is 538 g/mol. The van der Waals surface area contributed by atoms with Crippen molar-refractivity contribution in [2.75, 3.05) is 39.3 Å². The molecule has 1 amide bonds. The van der Waals surface area contributed by atoms with Gasteiger partial charge in [0.1, 0.15) is 17.3 Å². The van der Waals surface area contributed by atoms with E-state index in [-0.39, 0.29) is 0 Å². The average molecular weight is 539 g/mol. The highest BCUT2D eigenvalue weighted by Crippen LogP contribution is 2.40. The van der Waals surface area contributed by atoms with E-state index in [1.165, 1.54) is 18.9 Å². The summed E-state index contributed by atoms with van der Waals surface area (Å²) < 4.78 is 15.5. The van der Waals surface area contributed by atoms with Crippen molar-refractivity contribution in [3.05, 3.63) is 53.1 Å². The quantitative estimate of drug-likeness (QED) is 0.298. The van der Waals surface area contributed by atoms with Crippen molar-refractivity contribution in [3.8, 4) is 11.5 Å². The van der Waals surface area contributed by atoms with Gasteiger partial charge in [-0.05, 0) is 69.0 Å². The number of rotatable bonds is 6. The van der Waals surface area contributed by atoms with E-state index in [9.17, 15) is 9.59 Å². The molecular formula is C28H34N4O5S. The molecule has 0 aromatic heterocycles. The van der Waals surface area contributed by atoms with Crippen molar-refractivity contribution in [1.29, 1.82) is 0 Å². The van der Waals surface area contributed by atoms with Crippen LogP contribution < -0.4 is 14.4 Å². The van der Waals surface area contributed by atoms with E-state index in [2.05, 4.69) is 22.1 Å². The molecule has 2 aromatic carbocycles. The molecule has 0 saturated carbocycles. The number of anilines is 1. The minimum Gasteiger partial charge on any atom is -0.497 e. The van der Waals surface area contributed by atoms with Gasteiger partial charge in [0.2, 0.25) is 0 Å². The Morgan fingerprint density at radius 1 is 1.18 bits per heavy atom. The number of fused-ring (bicyclic) bond motifs is 1. The highest BCUT2D eigenvalue weighted by atomic mass is 32.2. The van der Waals surface area contributed by atoms with Crippen LogP contribution in [0.1, 0.15) is 43.9 Å². The lowest BCUT2D eigenvalue weighted by Gasteiger charge is -2.38. The largest absolute Gasteiger partial charge is 0.497 e. The topological polar surface area (TPSA) is 93.0 Å². The van der Waals surface area contributed by atoms with Gasteiger partial charge in [-0.15, -0.1) is 11.8 Å². The molecule has 4 rings (SSSR count). The zero-order chi connectivity index (χ0) is 27.4. The SMILES string of the molecule is CCN=C(c1ccc(OC)cc1OC)N1CCCc2cc(C3=NN(C(=O)OC)C(C=O)SC3(C)C)ccc21. The maximum absolute atomic E-state index is 12.4. The zero-order valence-electron chi connectivity index (χ0n) is 22.7. The number of aldehydes is 1. The zero-order valence-corrected chi connectivity index (χ0v) is 23.5. The van der Waals surface area contributed by atoms with E-state index < -0.39 is 16.2 Å². The van der Waals surface area contributed by atoms with E-state index in [0.29, 0.717) is 18.0 Å². The van der Waals surface area contributed by atoms with Gasteiger partial charge in [0, 0.05) is 24.8 Å². The molecule has 2 aromatic rings. The second kappa shape index (κ2) is 11.5. The number of thioether (sulfide) groups is 1. The summed E-state index contributed by atoms with van der Waals surface area (Å²) in [5.41, 5.74) is 4.75. The maximum Gasteiger partial charge on any atom is 0.431 e. The van der Waals surface area contributed by atoms with E-state index >= 15 is 0 Å². The number of hydrazone groups is 1. The van der Waals surface area contributed by atoms with Gasteiger partial charge in [0.05, 0.1) is 37.4 Å². The molecule has 0 aliphatic carbocycles. The number of amides is 1. The average Bonchev–Trinajstić information content (AvgIpc) is 2.94. The lowest BCUT2D eigenvalue weighted by Crippen LogP contribution is -2.47. The van der Waals surface area contributed by atoms with Crippen molar-refractivity contribution in [3.63, 3.8) is 0 Å². The molecule has 0 spiro atoms. The fourth-order valence-corrected chi connectivity index (χ4v) is 6.00. The van der Waals surface area contributed by atoms with E-state index in [4.69, 9.17) is 19.2 Å². The number of methoxy groups -OCH3 is 3. The number of amidine groups is 1. The van der Waals surface area contributed by atoms with E-state index in [1.54, 1.807) is 14.2 Å². The van der Waals surface area contributed by atoms with Crippen molar-refractivity contribution in [1.82, 2.24) is 5.01 Å². The highest BCUT2D eigenvalue weighted by molar-refractivity contribution is 8.02. The van der Waals surface area contributed by atoms with Gasteiger partial charge >= 0.3 is 6.09 Å². The van der Waals surface area contributed by atoms with E-state index in [1.807, 2.05) is 45.0 Å². The fraction of sp³-hybridized carbons (Fsp3) is 0.429. The molecule has 1 unspecified atom stereocenters. The van der Waals surface area contributed by atoms with Crippen LogP contribution in [-0.4, -0.2) is 73.5 Å². The summed E-state index contributed by atoms with van der Waals surface area (Å²) in [6, 6.07) is 12.0. The standard InChI is InChI=1S/C28H34N4O5S/c1-7-29-26(21-12-11-20(35-4)16-23(21)36-5)31-14-8-9-18-15-19(10-13-22(18)31)25-28(2,3)38-24(17-33)32(30-25)27(34)37-6/h10-13,15-17,24H,7-9,14H2,1-6H3. The second-order valence-electron chi connectivity index (χ2n) is 9.38. The number of aliphatic imine (C=N–C) groups is 1. The molecule has 10 heteroatoms. The van der Waals surface area contributed by atoms with Gasteiger partial charge in [-0.3, -0.25) is 9.79 Å². The second-order valence-corrected chi connectivity index (χ2v) is 11.1. The first-order valence-electron chi connectivity index (χ1n) is 12.5. The summed E-state index contributed by atoms with van der Waals surface area (Å²) in [6.45, 7) is 7.48. The maximum atomic E-state index is 12.4. The number of carbonyl (C=O) groups excluding carboxylic acids is 2. The molecule has 2 heterocycles. The van der Waals surface area contributed by atoms with Crippen LogP contribution in [0.15, 0.2) is 46.5 Å². The number of benzene rings is 2. The molecule has 0 radical (unpaired) electrons. The minimum atomic E-state index is -0.749. The third-order valence-corrected chi connectivity index (χ3v) is 7.93. The molecule has 0 bridgehead atoms. The Bertz CT molecular complexity index is 1280. The number of aryl methyl sites for hydroxylation is 1. The third-order valence-electron chi connectivity index (χ3n) is 6.60. The van der Waals surface area contributed by atoms with Crippen LogP contribution in [0.25, 0.3) is 0 Å². The predicted octanol–water partition coefficient (Wildman–Crippen LogP) is 4.75. The summed E-state index contributed by atoms with van der Waals surface area (Å²) in [5.74, 6) is 2.26. The van der Waals surface area contributed by atoms with Crippen LogP contribution in [0, 0.1) is 0 Å². The smallest absolute Gasteiger partial charge is 0.431 e. The first kappa shape index (κ1) is 27.5. The molecule has 0 N–H and O–H groups in total. The van der Waals surface area contributed by atoms with Crippen molar-refractivity contribution in [2.45, 2.75) is 43.7 Å². The Morgan fingerprint density at radius 3 is 2.63 bits per heavy atom. The van der Waals surface area contributed by atoms with Crippen molar-refractivity contribution in [2.24, 2.45) is 10.1 Å². The number of nitrogens with zero attached hydrogens (tertiary/aromatic N) is 4. The Kier molecular flexibility index (Phi) is 8.30. The summed E-state index contributed by atoms with van der Waals surface area (Å²) in [7, 11) is 4.56. The van der Waals surface area contributed by atoms with Crippen LogP contribution in [0.2, 0.25) is 0 Å². The summed E-state index contributed by atoms with van der Waals surface area (Å²) >= 11 is 1.37. The van der Waals surface area contributed by atoms with Crippen LogP contribution in [-0.2, 0) is 16.0 Å². The molecule has 0 fully saturated rings. The lowest BCUT2D eigenvalue weighted by molar-refractivity contribution is -0.109. The normalized spacial score (nSPS) is 18.8. The van der Waals surface area contributed by atoms with Crippen molar-refractivity contribution >= 4 is 41.4 Å². The first-order valence-corrected chi connectivity index (χ1v) is 13.4. The number of hydrogen-bond donors (Lipinski definition) is 0. The number of carbonyl (C=O) groups is 2. The van der Waals surface area contributed by atoms with Gasteiger partial charge in [-0.2, -0.15) is 10.1 Å². The minimum absolute atomic E-state index is 0.496. The molecule has 1 atom stereocenters. The highest BCUT2D eigenvalue weighted by Gasteiger charge is 2.41. The molecule has 2 aliphatic rings. The molecule has 38 heavy (non-hydrogen) atoms. The molecule has 9 nitrogen and oxygen atoms in total. The first-order chi connectivity index (χ1) is 18.3. The Balaban J connectivity index is 1.77. The Morgan fingerprint density at radius 2 is 1.97 bits per heavy atom. The van der Waals surface area contributed by atoms with E-state index in [0.717, 1.165) is 64.6 Å². The summed E-state index contributed by atoms with van der Waals surface area (Å²) in [5, 5.41) is 4.97.